The molecule has 1 heterocycles. The van der Waals surface area contributed by atoms with Crippen molar-refractivity contribution in [1.29, 1.82) is 0 Å². The van der Waals surface area contributed by atoms with Gasteiger partial charge in [-0.05, 0) is 18.1 Å². The summed E-state index contributed by atoms with van der Waals surface area (Å²) >= 11 is 0. The van der Waals surface area contributed by atoms with Crippen molar-refractivity contribution in [2.75, 3.05) is 19.6 Å². The van der Waals surface area contributed by atoms with Gasteiger partial charge in [0.2, 0.25) is 0 Å². The molecule has 0 saturated carbocycles. The first-order chi connectivity index (χ1) is 7.77. The van der Waals surface area contributed by atoms with Crippen molar-refractivity contribution in [2.45, 2.75) is 6.42 Å². The minimum absolute atomic E-state index is 0.426. The first-order valence-corrected chi connectivity index (χ1v) is 5.46. The van der Waals surface area contributed by atoms with Gasteiger partial charge in [0, 0.05) is 19.6 Å². The van der Waals surface area contributed by atoms with Crippen molar-refractivity contribution >= 4 is 5.97 Å². The Hall–Kier alpha value is -1.61. The van der Waals surface area contributed by atoms with E-state index < -0.39 is 5.97 Å². The van der Waals surface area contributed by atoms with Crippen LogP contribution in [0.4, 0.5) is 0 Å². The molecule has 0 bridgehead atoms. The van der Waals surface area contributed by atoms with Crippen molar-refractivity contribution in [2.24, 2.45) is 0 Å². The summed E-state index contributed by atoms with van der Waals surface area (Å²) in [7, 11) is 0. The van der Waals surface area contributed by atoms with Gasteiger partial charge in [-0.25, -0.2) is 4.79 Å². The van der Waals surface area contributed by atoms with Crippen LogP contribution in [0, 0.1) is 0 Å². The monoisotopic (exact) mass is 217 g/mol. The normalized spacial score (nSPS) is 15.5. The zero-order valence-corrected chi connectivity index (χ0v) is 9.10. The van der Waals surface area contributed by atoms with Crippen LogP contribution in [0.15, 0.2) is 36.4 Å². The molecule has 0 amide bonds. The Morgan fingerprint density at radius 3 is 2.62 bits per heavy atom. The predicted octanol–water partition coefficient (Wildman–Crippen LogP) is 1.80. The Kier molecular flexibility index (Phi) is 3.37. The third-order valence-electron chi connectivity index (χ3n) is 2.84. The van der Waals surface area contributed by atoms with Crippen molar-refractivity contribution in [3.63, 3.8) is 0 Å². The molecule has 3 nitrogen and oxygen atoms in total. The van der Waals surface area contributed by atoms with E-state index in [2.05, 4.69) is 17.1 Å². The van der Waals surface area contributed by atoms with E-state index in [-0.39, 0.29) is 0 Å². The number of carbonyl (C=O) groups is 1. The summed E-state index contributed by atoms with van der Waals surface area (Å²) < 4.78 is 0. The molecule has 3 heteroatoms. The number of carboxylic acid groups (broad SMARTS) is 1. The summed E-state index contributed by atoms with van der Waals surface area (Å²) in [6, 6.07) is 7.22. The summed E-state index contributed by atoms with van der Waals surface area (Å²) in [6.45, 7) is 2.88. The smallest absolute Gasteiger partial charge is 0.335 e. The van der Waals surface area contributed by atoms with E-state index in [0.717, 1.165) is 31.6 Å². The molecule has 0 saturated heterocycles. The van der Waals surface area contributed by atoms with Gasteiger partial charge in [0.1, 0.15) is 0 Å². The van der Waals surface area contributed by atoms with E-state index in [9.17, 15) is 4.79 Å². The highest BCUT2D eigenvalue weighted by Gasteiger charge is 2.11. The zero-order chi connectivity index (χ0) is 11.4. The van der Waals surface area contributed by atoms with Crippen LogP contribution in [0.5, 0.6) is 0 Å². The lowest BCUT2D eigenvalue weighted by molar-refractivity contribution is 0.0695. The van der Waals surface area contributed by atoms with E-state index in [4.69, 9.17) is 5.11 Å². The highest BCUT2D eigenvalue weighted by molar-refractivity contribution is 5.89. The molecule has 0 aliphatic carbocycles. The first-order valence-electron chi connectivity index (χ1n) is 5.46. The van der Waals surface area contributed by atoms with Crippen molar-refractivity contribution in [3.05, 3.63) is 47.5 Å². The van der Waals surface area contributed by atoms with Crippen molar-refractivity contribution in [1.82, 2.24) is 4.90 Å². The van der Waals surface area contributed by atoms with Crippen molar-refractivity contribution in [3.8, 4) is 0 Å². The molecule has 0 unspecified atom stereocenters. The molecule has 0 fully saturated rings. The Bertz CT molecular complexity index is 404. The lowest BCUT2D eigenvalue weighted by Crippen LogP contribution is -2.23. The molecule has 1 N–H and O–H groups in total. The number of aromatic carboxylic acids is 1. The average molecular weight is 217 g/mol. The van der Waals surface area contributed by atoms with Crippen LogP contribution < -0.4 is 0 Å². The summed E-state index contributed by atoms with van der Waals surface area (Å²) in [5.74, 6) is -0.838. The average Bonchev–Trinajstić information content (AvgIpc) is 2.79. The molecule has 84 valence electrons. The van der Waals surface area contributed by atoms with Crippen LogP contribution >= 0.6 is 0 Å². The Morgan fingerprint density at radius 1 is 1.25 bits per heavy atom. The van der Waals surface area contributed by atoms with Gasteiger partial charge in [-0.2, -0.15) is 0 Å². The molecular weight excluding hydrogens is 202 g/mol. The van der Waals surface area contributed by atoms with Gasteiger partial charge in [0.15, 0.2) is 0 Å². The number of hydrogen-bond donors (Lipinski definition) is 1. The fourth-order valence-electron chi connectivity index (χ4n) is 1.93. The van der Waals surface area contributed by atoms with E-state index in [1.165, 1.54) is 0 Å². The second-order valence-electron chi connectivity index (χ2n) is 3.94. The van der Waals surface area contributed by atoms with Gasteiger partial charge in [-0.15, -0.1) is 0 Å². The van der Waals surface area contributed by atoms with E-state index in [0.29, 0.717) is 5.56 Å². The third kappa shape index (κ3) is 2.49. The standard InChI is InChI=1S/C13H15NO2/c15-13(16)12-6-2-1-5-11(12)7-10-14-8-3-4-9-14/h1-6H,7-10H2,(H,15,16). The lowest BCUT2D eigenvalue weighted by Gasteiger charge is -2.15. The molecule has 0 atom stereocenters. The summed E-state index contributed by atoms with van der Waals surface area (Å²) in [5.41, 5.74) is 1.34. The first kappa shape index (κ1) is 10.9. The molecular formula is C13H15NO2. The fourth-order valence-corrected chi connectivity index (χ4v) is 1.93. The minimum Gasteiger partial charge on any atom is -0.478 e. The van der Waals surface area contributed by atoms with Crippen LogP contribution in [-0.4, -0.2) is 35.6 Å². The molecule has 0 spiro atoms. The molecule has 1 aliphatic heterocycles. The van der Waals surface area contributed by atoms with Gasteiger partial charge in [-0.1, -0.05) is 30.4 Å². The van der Waals surface area contributed by atoms with E-state index in [1.54, 1.807) is 12.1 Å². The minimum atomic E-state index is -0.838. The maximum atomic E-state index is 11.0. The molecule has 0 aromatic heterocycles. The van der Waals surface area contributed by atoms with Crippen LogP contribution in [-0.2, 0) is 6.42 Å². The van der Waals surface area contributed by atoms with Gasteiger partial charge < -0.3 is 5.11 Å². The van der Waals surface area contributed by atoms with Gasteiger partial charge >= 0.3 is 5.97 Å². The largest absolute Gasteiger partial charge is 0.478 e. The van der Waals surface area contributed by atoms with Gasteiger partial charge in [-0.3, -0.25) is 4.90 Å². The van der Waals surface area contributed by atoms with Gasteiger partial charge in [0.05, 0.1) is 5.56 Å². The highest BCUT2D eigenvalue weighted by Crippen LogP contribution is 2.11. The SMILES string of the molecule is O=C(O)c1ccccc1CCN1CC=CC1. The third-order valence-corrected chi connectivity index (χ3v) is 2.84. The summed E-state index contributed by atoms with van der Waals surface area (Å²) in [6.07, 6.45) is 5.08. The molecule has 2 rings (SSSR count). The number of carboxylic acids is 1. The predicted molar refractivity (Wildman–Crippen MR) is 62.7 cm³/mol. The number of benzene rings is 1. The Labute approximate surface area is 95.0 Å². The van der Waals surface area contributed by atoms with Crippen molar-refractivity contribution < 1.29 is 9.90 Å². The van der Waals surface area contributed by atoms with Crippen LogP contribution in [0.2, 0.25) is 0 Å². The number of hydrogen-bond acceptors (Lipinski definition) is 2. The second-order valence-corrected chi connectivity index (χ2v) is 3.94. The highest BCUT2D eigenvalue weighted by atomic mass is 16.4. The topological polar surface area (TPSA) is 40.5 Å². The fraction of sp³-hybridized carbons (Fsp3) is 0.308. The summed E-state index contributed by atoms with van der Waals surface area (Å²) in [5, 5.41) is 9.03. The molecule has 1 aliphatic rings. The van der Waals surface area contributed by atoms with Crippen LogP contribution in [0.25, 0.3) is 0 Å². The van der Waals surface area contributed by atoms with Crippen LogP contribution in [0.3, 0.4) is 0 Å². The van der Waals surface area contributed by atoms with E-state index >= 15 is 0 Å². The quantitative estimate of drug-likeness (QED) is 0.782. The Balaban J connectivity index is 2.00. The maximum absolute atomic E-state index is 11.0. The molecule has 16 heavy (non-hydrogen) atoms. The summed E-state index contributed by atoms with van der Waals surface area (Å²) in [4.78, 5) is 13.3. The second kappa shape index (κ2) is 4.94. The number of rotatable bonds is 4. The van der Waals surface area contributed by atoms with Crippen LogP contribution in [0.1, 0.15) is 15.9 Å². The lowest BCUT2D eigenvalue weighted by atomic mass is 10.0. The number of nitrogens with zero attached hydrogens (tertiary/aromatic N) is 1. The molecule has 1 aromatic carbocycles. The zero-order valence-electron chi connectivity index (χ0n) is 9.10. The molecule has 1 aromatic rings. The molecule has 0 radical (unpaired) electrons. The Morgan fingerprint density at radius 2 is 1.94 bits per heavy atom. The maximum Gasteiger partial charge on any atom is 0.335 e. The van der Waals surface area contributed by atoms with Gasteiger partial charge in [0.25, 0.3) is 0 Å². The van der Waals surface area contributed by atoms with E-state index in [1.807, 2.05) is 12.1 Å².